The predicted octanol–water partition coefficient (Wildman–Crippen LogP) is 1.76. The zero-order chi connectivity index (χ0) is 9.80. The minimum Gasteiger partial charge on any atom is -0.377 e. The highest BCUT2D eigenvalue weighted by Gasteiger charge is 2.17. The molecular formula is C10H14N2OS. The summed E-state index contributed by atoms with van der Waals surface area (Å²) in [6, 6.07) is 4.61. The van der Waals surface area contributed by atoms with Crippen LogP contribution in [0, 0.1) is 0 Å². The van der Waals surface area contributed by atoms with Gasteiger partial charge in [-0.25, -0.2) is 4.98 Å². The Morgan fingerprint density at radius 2 is 2.50 bits per heavy atom. The summed E-state index contributed by atoms with van der Waals surface area (Å²) in [5.41, 5.74) is 1.32. The van der Waals surface area contributed by atoms with E-state index in [-0.39, 0.29) is 0 Å². The van der Waals surface area contributed by atoms with E-state index in [1.165, 1.54) is 5.56 Å². The van der Waals surface area contributed by atoms with E-state index in [1.54, 1.807) is 0 Å². The van der Waals surface area contributed by atoms with Crippen molar-refractivity contribution in [1.29, 1.82) is 0 Å². The lowest BCUT2D eigenvalue weighted by atomic mass is 10.2. The Bertz CT molecular complexity index is 302. The third kappa shape index (κ3) is 2.39. The van der Waals surface area contributed by atoms with Gasteiger partial charge in [0.15, 0.2) is 0 Å². The monoisotopic (exact) mass is 210 g/mol. The van der Waals surface area contributed by atoms with E-state index in [9.17, 15) is 0 Å². The van der Waals surface area contributed by atoms with Gasteiger partial charge in [0, 0.05) is 11.9 Å². The Morgan fingerprint density at radius 3 is 3.14 bits per heavy atom. The van der Waals surface area contributed by atoms with Crippen LogP contribution in [0.15, 0.2) is 18.3 Å². The van der Waals surface area contributed by atoms with Gasteiger partial charge in [0.25, 0.3) is 0 Å². The van der Waals surface area contributed by atoms with Crippen molar-refractivity contribution in [3.63, 3.8) is 0 Å². The molecule has 1 aliphatic heterocycles. The molecule has 0 bridgehead atoms. The molecule has 1 aliphatic rings. The first-order chi connectivity index (χ1) is 6.88. The van der Waals surface area contributed by atoms with Crippen molar-refractivity contribution >= 4 is 17.6 Å². The van der Waals surface area contributed by atoms with E-state index in [4.69, 9.17) is 4.74 Å². The normalized spacial score (nSPS) is 16.4. The van der Waals surface area contributed by atoms with Crippen LogP contribution in [0.3, 0.4) is 0 Å². The molecule has 0 atom stereocenters. The number of hydrogen-bond acceptors (Lipinski definition) is 4. The lowest BCUT2D eigenvalue weighted by Gasteiger charge is -2.27. The Labute approximate surface area is 88.3 Å². The number of anilines is 1. The molecule has 0 aliphatic carbocycles. The van der Waals surface area contributed by atoms with Gasteiger partial charge in [-0.1, -0.05) is 0 Å². The van der Waals surface area contributed by atoms with E-state index in [0.717, 1.165) is 24.8 Å². The lowest BCUT2D eigenvalue weighted by Crippen LogP contribution is -2.40. The fraction of sp³-hybridized carbons (Fsp3) is 0.500. The van der Waals surface area contributed by atoms with Crippen LogP contribution in [0.2, 0.25) is 0 Å². The molecule has 0 spiro atoms. The topological polar surface area (TPSA) is 34.2 Å². The maximum atomic E-state index is 5.09. The maximum absolute atomic E-state index is 5.09. The number of ether oxygens (including phenoxy) is 1. The first kappa shape index (κ1) is 9.80. The van der Waals surface area contributed by atoms with E-state index < -0.39 is 0 Å². The third-order valence-corrected chi connectivity index (χ3v) is 2.75. The standard InChI is InChI=1S/C10H14N2OS/c1-14-7-8-2-3-11-10(4-8)12-9-5-13-6-9/h2-4,9H,5-7H2,1H3,(H,11,12). The molecular weight excluding hydrogens is 196 g/mol. The average Bonchev–Trinajstić information content (AvgIpc) is 2.13. The summed E-state index contributed by atoms with van der Waals surface area (Å²) in [6.07, 6.45) is 3.96. The third-order valence-electron chi connectivity index (χ3n) is 2.13. The van der Waals surface area contributed by atoms with Crippen LogP contribution < -0.4 is 5.32 Å². The zero-order valence-corrected chi connectivity index (χ0v) is 9.01. The van der Waals surface area contributed by atoms with E-state index in [1.807, 2.05) is 18.0 Å². The number of rotatable bonds is 4. The molecule has 2 heterocycles. The van der Waals surface area contributed by atoms with Crippen LogP contribution in [0.5, 0.6) is 0 Å². The number of nitrogens with one attached hydrogen (secondary N) is 1. The second-order valence-electron chi connectivity index (χ2n) is 3.36. The molecule has 0 aromatic carbocycles. The molecule has 1 aromatic rings. The molecule has 0 saturated carbocycles. The second kappa shape index (κ2) is 4.66. The van der Waals surface area contributed by atoms with Crippen LogP contribution in [0.4, 0.5) is 5.82 Å². The Morgan fingerprint density at radius 1 is 1.64 bits per heavy atom. The Kier molecular flexibility index (Phi) is 3.26. The van der Waals surface area contributed by atoms with Crippen molar-refractivity contribution < 1.29 is 4.74 Å². The van der Waals surface area contributed by atoms with Gasteiger partial charge in [0.05, 0.1) is 19.3 Å². The van der Waals surface area contributed by atoms with Crippen molar-refractivity contribution in [1.82, 2.24) is 4.98 Å². The van der Waals surface area contributed by atoms with Gasteiger partial charge in [-0.2, -0.15) is 11.8 Å². The fourth-order valence-electron chi connectivity index (χ4n) is 1.34. The van der Waals surface area contributed by atoms with Crippen molar-refractivity contribution in [3.8, 4) is 0 Å². The largest absolute Gasteiger partial charge is 0.377 e. The summed E-state index contributed by atoms with van der Waals surface area (Å²) in [7, 11) is 0. The molecule has 14 heavy (non-hydrogen) atoms. The van der Waals surface area contributed by atoms with Crippen molar-refractivity contribution in [2.45, 2.75) is 11.8 Å². The summed E-state index contributed by atoms with van der Waals surface area (Å²) >= 11 is 1.82. The number of aromatic nitrogens is 1. The van der Waals surface area contributed by atoms with Crippen LogP contribution in [-0.2, 0) is 10.5 Å². The van der Waals surface area contributed by atoms with Crippen LogP contribution in [0.25, 0.3) is 0 Å². The predicted molar refractivity (Wildman–Crippen MR) is 59.7 cm³/mol. The zero-order valence-electron chi connectivity index (χ0n) is 8.19. The lowest BCUT2D eigenvalue weighted by molar-refractivity contribution is 0.0209. The van der Waals surface area contributed by atoms with Gasteiger partial charge in [-0.3, -0.25) is 0 Å². The molecule has 4 heteroatoms. The Balaban J connectivity index is 1.97. The van der Waals surface area contributed by atoms with Crippen LogP contribution in [0.1, 0.15) is 5.56 Å². The highest BCUT2D eigenvalue weighted by Crippen LogP contribution is 2.14. The van der Waals surface area contributed by atoms with E-state index in [2.05, 4.69) is 28.7 Å². The van der Waals surface area contributed by atoms with E-state index >= 15 is 0 Å². The number of nitrogens with zero attached hydrogens (tertiary/aromatic N) is 1. The van der Waals surface area contributed by atoms with Gasteiger partial charge in [-0.15, -0.1) is 0 Å². The first-order valence-corrected chi connectivity index (χ1v) is 6.06. The SMILES string of the molecule is CSCc1ccnc(NC2COC2)c1. The van der Waals surface area contributed by atoms with Gasteiger partial charge in [-0.05, 0) is 24.0 Å². The molecule has 0 amide bonds. The van der Waals surface area contributed by atoms with Crippen molar-refractivity contribution in [2.75, 3.05) is 24.8 Å². The smallest absolute Gasteiger partial charge is 0.126 e. The molecule has 1 saturated heterocycles. The maximum Gasteiger partial charge on any atom is 0.126 e. The summed E-state index contributed by atoms with van der Waals surface area (Å²) in [5, 5.41) is 3.33. The average molecular weight is 210 g/mol. The highest BCUT2D eigenvalue weighted by atomic mass is 32.2. The number of hydrogen-bond donors (Lipinski definition) is 1. The Hall–Kier alpha value is -0.740. The molecule has 0 unspecified atom stereocenters. The first-order valence-electron chi connectivity index (χ1n) is 4.66. The number of thioether (sulfide) groups is 1. The highest BCUT2D eigenvalue weighted by molar-refractivity contribution is 7.97. The molecule has 1 aromatic heterocycles. The van der Waals surface area contributed by atoms with Gasteiger partial charge in [0.2, 0.25) is 0 Å². The van der Waals surface area contributed by atoms with Crippen molar-refractivity contribution in [3.05, 3.63) is 23.9 Å². The number of pyridine rings is 1. The second-order valence-corrected chi connectivity index (χ2v) is 4.23. The van der Waals surface area contributed by atoms with Gasteiger partial charge < -0.3 is 10.1 Å². The molecule has 1 N–H and O–H groups in total. The van der Waals surface area contributed by atoms with E-state index in [0.29, 0.717) is 6.04 Å². The molecule has 1 fully saturated rings. The van der Waals surface area contributed by atoms with Crippen molar-refractivity contribution in [2.24, 2.45) is 0 Å². The summed E-state index contributed by atoms with van der Waals surface area (Å²) < 4.78 is 5.09. The van der Waals surface area contributed by atoms with Crippen LogP contribution in [-0.4, -0.2) is 30.5 Å². The van der Waals surface area contributed by atoms with Crippen LogP contribution >= 0.6 is 11.8 Å². The molecule has 2 rings (SSSR count). The molecule has 0 radical (unpaired) electrons. The molecule has 3 nitrogen and oxygen atoms in total. The quantitative estimate of drug-likeness (QED) is 0.821. The fourth-order valence-corrected chi connectivity index (χ4v) is 1.85. The minimum absolute atomic E-state index is 0.451. The summed E-state index contributed by atoms with van der Waals surface area (Å²) in [5.74, 6) is 2.00. The summed E-state index contributed by atoms with van der Waals surface area (Å²) in [4.78, 5) is 4.27. The minimum atomic E-state index is 0.451. The van der Waals surface area contributed by atoms with Gasteiger partial charge in [0.1, 0.15) is 5.82 Å². The van der Waals surface area contributed by atoms with Gasteiger partial charge >= 0.3 is 0 Å². The molecule has 76 valence electrons. The summed E-state index contributed by atoms with van der Waals surface area (Å²) in [6.45, 7) is 1.60.